The van der Waals surface area contributed by atoms with E-state index in [-0.39, 0.29) is 30.4 Å². The minimum Gasteiger partial charge on any atom is -0.493 e. The number of carbonyl (C=O) groups is 2. The fourth-order valence-corrected chi connectivity index (χ4v) is 4.86. The summed E-state index contributed by atoms with van der Waals surface area (Å²) in [5, 5.41) is 2.07. The van der Waals surface area contributed by atoms with Crippen molar-refractivity contribution in [3.05, 3.63) is 46.2 Å². The summed E-state index contributed by atoms with van der Waals surface area (Å²) < 4.78 is 11.5. The number of hydrogen-bond donors (Lipinski definition) is 0. The number of para-hydroxylation sites is 2. The fourth-order valence-electron chi connectivity index (χ4n) is 3.93. The number of hydrogen-bond acceptors (Lipinski definition) is 5. The summed E-state index contributed by atoms with van der Waals surface area (Å²) in [6, 6.07) is 9.44. The Balaban J connectivity index is 1.80. The van der Waals surface area contributed by atoms with Crippen molar-refractivity contribution in [1.82, 2.24) is 9.80 Å². The number of benzene rings is 1. The summed E-state index contributed by atoms with van der Waals surface area (Å²) in [7, 11) is 1.61. The highest BCUT2D eigenvalue weighted by Crippen LogP contribution is 2.35. The van der Waals surface area contributed by atoms with E-state index in [0.29, 0.717) is 31.1 Å². The number of thiophene rings is 1. The van der Waals surface area contributed by atoms with Crippen molar-refractivity contribution < 1.29 is 19.1 Å². The summed E-state index contributed by atoms with van der Waals surface area (Å²) in [6.45, 7) is 6.93. The summed E-state index contributed by atoms with van der Waals surface area (Å²) in [5.41, 5.74) is 1.14. The lowest BCUT2D eigenvalue weighted by molar-refractivity contribution is -0.144. The van der Waals surface area contributed by atoms with Gasteiger partial charge in [-0.15, -0.1) is 11.3 Å². The molecule has 3 rings (SSSR count). The zero-order valence-corrected chi connectivity index (χ0v) is 19.6. The SMILES string of the molecule is CCC(=O)N(CC(=O)N1CCc2sccc2[C@H]1COc1ccccc1OC)[C@H](C)CC. The van der Waals surface area contributed by atoms with Gasteiger partial charge in [-0.2, -0.15) is 0 Å². The van der Waals surface area contributed by atoms with E-state index in [4.69, 9.17) is 9.47 Å². The molecule has 0 saturated carbocycles. The first-order chi connectivity index (χ1) is 15.0. The maximum absolute atomic E-state index is 13.4. The van der Waals surface area contributed by atoms with Gasteiger partial charge in [-0.25, -0.2) is 0 Å². The van der Waals surface area contributed by atoms with Crippen molar-refractivity contribution in [2.75, 3.05) is 26.8 Å². The van der Waals surface area contributed by atoms with E-state index in [9.17, 15) is 9.59 Å². The number of nitrogens with zero attached hydrogens (tertiary/aromatic N) is 2. The van der Waals surface area contributed by atoms with Crippen molar-refractivity contribution in [3.8, 4) is 11.5 Å². The summed E-state index contributed by atoms with van der Waals surface area (Å²) in [5.74, 6) is 1.30. The quantitative estimate of drug-likeness (QED) is 0.579. The molecule has 0 N–H and O–H groups in total. The van der Waals surface area contributed by atoms with Crippen LogP contribution in [0.4, 0.5) is 0 Å². The van der Waals surface area contributed by atoms with Crippen molar-refractivity contribution >= 4 is 23.2 Å². The average molecular weight is 445 g/mol. The molecule has 1 aliphatic rings. The lowest BCUT2D eigenvalue weighted by atomic mass is 10.00. The number of methoxy groups -OCH3 is 1. The molecule has 0 bridgehead atoms. The molecule has 0 aliphatic carbocycles. The molecule has 0 fully saturated rings. The highest BCUT2D eigenvalue weighted by atomic mass is 32.1. The molecule has 2 atom stereocenters. The van der Waals surface area contributed by atoms with Crippen LogP contribution in [-0.2, 0) is 16.0 Å². The summed E-state index contributed by atoms with van der Waals surface area (Å²) in [6.07, 6.45) is 2.04. The van der Waals surface area contributed by atoms with Gasteiger partial charge < -0.3 is 19.3 Å². The lowest BCUT2D eigenvalue weighted by Crippen LogP contribution is -2.49. The van der Waals surface area contributed by atoms with Crippen molar-refractivity contribution in [2.45, 2.75) is 52.1 Å². The van der Waals surface area contributed by atoms with Gasteiger partial charge >= 0.3 is 0 Å². The van der Waals surface area contributed by atoms with Crippen LogP contribution < -0.4 is 9.47 Å². The van der Waals surface area contributed by atoms with E-state index in [1.54, 1.807) is 23.3 Å². The minimum absolute atomic E-state index is 0.0118. The normalized spacial score (nSPS) is 16.4. The van der Waals surface area contributed by atoms with Crippen molar-refractivity contribution in [3.63, 3.8) is 0 Å². The Morgan fingerprint density at radius 1 is 1.23 bits per heavy atom. The highest BCUT2D eigenvalue weighted by molar-refractivity contribution is 7.10. The number of carbonyl (C=O) groups excluding carboxylic acids is 2. The van der Waals surface area contributed by atoms with Crippen LogP contribution in [0.3, 0.4) is 0 Å². The lowest BCUT2D eigenvalue weighted by Gasteiger charge is -2.38. The second-order valence-electron chi connectivity index (χ2n) is 7.75. The van der Waals surface area contributed by atoms with E-state index in [0.717, 1.165) is 18.4 Å². The zero-order chi connectivity index (χ0) is 22.4. The number of ether oxygens (including phenoxy) is 2. The first kappa shape index (κ1) is 23.1. The Kier molecular flexibility index (Phi) is 7.96. The topological polar surface area (TPSA) is 59.1 Å². The van der Waals surface area contributed by atoms with Crippen molar-refractivity contribution in [1.29, 1.82) is 0 Å². The molecule has 1 aromatic heterocycles. The standard InChI is InChI=1S/C24H32N2O4S/c1-5-17(3)26(23(27)6-2)15-24(28)25-13-11-22-18(12-14-31-22)19(25)16-30-21-10-8-7-9-20(21)29-4/h7-10,12,14,17,19H,5-6,11,13,15-16H2,1-4H3/t17-,19-/m1/s1. The second kappa shape index (κ2) is 10.7. The van der Waals surface area contributed by atoms with Gasteiger partial charge in [-0.3, -0.25) is 9.59 Å². The van der Waals surface area contributed by atoms with E-state index >= 15 is 0 Å². The maximum atomic E-state index is 13.4. The predicted octanol–water partition coefficient (Wildman–Crippen LogP) is 4.30. The van der Waals surface area contributed by atoms with Crippen LogP contribution in [0.5, 0.6) is 11.5 Å². The first-order valence-electron chi connectivity index (χ1n) is 10.9. The molecule has 2 aromatic rings. The maximum Gasteiger partial charge on any atom is 0.242 e. The average Bonchev–Trinajstić information content (AvgIpc) is 3.29. The van der Waals surface area contributed by atoms with E-state index in [1.165, 1.54) is 4.88 Å². The van der Waals surface area contributed by atoms with Crippen LogP contribution in [0.2, 0.25) is 0 Å². The molecule has 168 valence electrons. The Morgan fingerprint density at radius 3 is 2.65 bits per heavy atom. The van der Waals surface area contributed by atoms with Gasteiger partial charge in [0, 0.05) is 23.9 Å². The molecule has 6 nitrogen and oxygen atoms in total. The third-order valence-electron chi connectivity index (χ3n) is 5.93. The number of amides is 2. The molecule has 31 heavy (non-hydrogen) atoms. The smallest absolute Gasteiger partial charge is 0.242 e. The molecule has 7 heteroatoms. The molecule has 0 saturated heterocycles. The van der Waals surface area contributed by atoms with Gasteiger partial charge in [0.2, 0.25) is 11.8 Å². The van der Waals surface area contributed by atoms with Crippen molar-refractivity contribution in [2.24, 2.45) is 0 Å². The van der Waals surface area contributed by atoms with Crippen LogP contribution in [-0.4, -0.2) is 54.5 Å². The van der Waals surface area contributed by atoms with Gasteiger partial charge in [0.25, 0.3) is 0 Å². The van der Waals surface area contributed by atoms with Gasteiger partial charge in [0.15, 0.2) is 11.5 Å². The molecule has 0 radical (unpaired) electrons. The Hall–Kier alpha value is -2.54. The van der Waals surface area contributed by atoms with Crippen LogP contribution >= 0.6 is 11.3 Å². The predicted molar refractivity (Wildman–Crippen MR) is 123 cm³/mol. The highest BCUT2D eigenvalue weighted by Gasteiger charge is 2.34. The van der Waals surface area contributed by atoms with E-state index in [1.807, 2.05) is 49.9 Å². The van der Waals surface area contributed by atoms with Crippen LogP contribution in [0.15, 0.2) is 35.7 Å². The third kappa shape index (κ3) is 5.21. The van der Waals surface area contributed by atoms with Gasteiger partial charge in [0.1, 0.15) is 13.2 Å². The third-order valence-corrected chi connectivity index (χ3v) is 6.93. The van der Waals surface area contributed by atoms with Crippen LogP contribution in [0, 0.1) is 0 Å². The zero-order valence-electron chi connectivity index (χ0n) is 18.8. The van der Waals surface area contributed by atoms with E-state index in [2.05, 4.69) is 11.4 Å². The molecule has 1 aliphatic heterocycles. The van der Waals surface area contributed by atoms with Crippen LogP contribution in [0.1, 0.15) is 50.1 Å². The second-order valence-corrected chi connectivity index (χ2v) is 8.75. The molecule has 0 spiro atoms. The molecule has 2 heterocycles. The Morgan fingerprint density at radius 2 is 1.97 bits per heavy atom. The summed E-state index contributed by atoms with van der Waals surface area (Å²) in [4.78, 5) is 30.7. The number of rotatable bonds is 9. The molecule has 0 unspecified atom stereocenters. The Bertz CT molecular complexity index is 897. The van der Waals surface area contributed by atoms with Gasteiger partial charge in [-0.1, -0.05) is 26.0 Å². The van der Waals surface area contributed by atoms with Gasteiger partial charge in [0.05, 0.1) is 13.2 Å². The minimum atomic E-state index is -0.192. The van der Waals surface area contributed by atoms with Crippen LogP contribution in [0.25, 0.3) is 0 Å². The molecule has 2 amide bonds. The largest absolute Gasteiger partial charge is 0.493 e. The first-order valence-corrected chi connectivity index (χ1v) is 11.8. The molecular weight excluding hydrogens is 412 g/mol. The van der Waals surface area contributed by atoms with Gasteiger partial charge in [-0.05, 0) is 48.9 Å². The Labute approximate surface area is 188 Å². The summed E-state index contributed by atoms with van der Waals surface area (Å²) >= 11 is 1.72. The molecule has 1 aromatic carbocycles. The van der Waals surface area contributed by atoms with E-state index < -0.39 is 0 Å². The number of fused-ring (bicyclic) bond motifs is 1. The fraction of sp³-hybridized carbons (Fsp3) is 0.500. The molecular formula is C24H32N2O4S. The monoisotopic (exact) mass is 444 g/mol.